The molecule has 0 radical (unpaired) electrons. The number of nitrogens with one attached hydrogen (secondary N) is 1. The Morgan fingerprint density at radius 2 is 1.81 bits per heavy atom. The van der Waals surface area contributed by atoms with Gasteiger partial charge in [-0.1, -0.05) is 26.8 Å². The lowest BCUT2D eigenvalue weighted by atomic mass is 9.46. The Morgan fingerprint density at radius 1 is 1.09 bits per heavy atom. The molecule has 3 saturated carbocycles. The van der Waals surface area contributed by atoms with Gasteiger partial charge in [-0.25, -0.2) is 8.42 Å². The fourth-order valence-corrected chi connectivity index (χ4v) is 8.36. The normalized spacial score (nSPS) is 43.1. The van der Waals surface area contributed by atoms with Gasteiger partial charge in [0, 0.05) is 17.7 Å². The number of rotatable bonds is 3. The second-order valence-corrected chi connectivity index (χ2v) is 13.4. The molecule has 1 heterocycles. The number of carbonyl (C=O) groups excluding carboxylic acids is 1. The molecule has 0 aromatic heterocycles. The third-order valence-electron chi connectivity index (χ3n) is 9.34. The van der Waals surface area contributed by atoms with Crippen LogP contribution >= 0.6 is 0 Å². The molecule has 5 rings (SSSR count). The van der Waals surface area contributed by atoms with Crippen molar-refractivity contribution in [1.29, 1.82) is 0 Å². The lowest BCUT2D eigenvalue weighted by Crippen LogP contribution is -2.61. The molecule has 3 fully saturated rings. The van der Waals surface area contributed by atoms with Crippen molar-refractivity contribution in [2.75, 3.05) is 6.26 Å². The molecule has 0 unspecified atom stereocenters. The number of benzene rings is 1. The molecule has 1 aromatic carbocycles. The summed E-state index contributed by atoms with van der Waals surface area (Å²) in [5, 5.41) is 3.25. The van der Waals surface area contributed by atoms with E-state index in [0.29, 0.717) is 28.6 Å². The molecule has 1 N–H and O–H groups in total. The monoisotopic (exact) mass is 457 g/mol. The van der Waals surface area contributed by atoms with Crippen LogP contribution in [0, 0.1) is 34.5 Å². The van der Waals surface area contributed by atoms with E-state index in [1.807, 2.05) is 0 Å². The summed E-state index contributed by atoms with van der Waals surface area (Å²) in [6, 6.07) is 7.08. The fraction of sp³-hybridized carbons (Fsp3) is 0.654. The van der Waals surface area contributed by atoms with E-state index in [-0.39, 0.29) is 28.9 Å². The summed E-state index contributed by atoms with van der Waals surface area (Å²) in [6.07, 6.45) is 10.9. The van der Waals surface area contributed by atoms with Crippen LogP contribution in [0.4, 0.5) is 0 Å². The maximum absolute atomic E-state index is 12.0. The highest BCUT2D eigenvalue weighted by Gasteiger charge is 2.60. The minimum Gasteiger partial charge on any atom is -0.490 e. The topological polar surface area (TPSA) is 72.5 Å². The second-order valence-electron chi connectivity index (χ2n) is 11.4. The van der Waals surface area contributed by atoms with Crippen LogP contribution in [0.3, 0.4) is 0 Å². The predicted molar refractivity (Wildman–Crippen MR) is 124 cm³/mol. The Morgan fingerprint density at radius 3 is 2.50 bits per heavy atom. The first-order valence-electron chi connectivity index (χ1n) is 12.0. The van der Waals surface area contributed by atoms with Crippen LogP contribution in [0.1, 0.15) is 52.9 Å². The van der Waals surface area contributed by atoms with E-state index in [2.05, 4.69) is 32.2 Å². The van der Waals surface area contributed by atoms with Crippen LogP contribution in [0.5, 0.6) is 5.75 Å². The molecular weight excluding hydrogens is 422 g/mol. The van der Waals surface area contributed by atoms with Crippen molar-refractivity contribution in [1.82, 2.24) is 5.32 Å². The number of fused-ring (bicyclic) bond motifs is 5. The molecule has 4 aliphatic rings. The van der Waals surface area contributed by atoms with Crippen LogP contribution in [-0.4, -0.2) is 32.7 Å². The van der Waals surface area contributed by atoms with Crippen LogP contribution in [0.2, 0.25) is 0 Å². The van der Waals surface area contributed by atoms with Crippen molar-refractivity contribution >= 4 is 15.7 Å². The third kappa shape index (κ3) is 3.49. The lowest BCUT2D eigenvalue weighted by Gasteiger charge is -2.60. The summed E-state index contributed by atoms with van der Waals surface area (Å²) in [5.41, 5.74) is 0.310. The molecule has 6 heteroatoms. The molecule has 8 atom stereocenters. The Kier molecular flexibility index (Phi) is 5.05. The molecular formula is C26H35NO4S. The summed E-state index contributed by atoms with van der Waals surface area (Å²) in [6.45, 7) is 7.18. The van der Waals surface area contributed by atoms with Gasteiger partial charge in [0.15, 0.2) is 9.84 Å². The number of carbonyl (C=O) groups is 1. The van der Waals surface area contributed by atoms with Crippen molar-refractivity contribution in [3.63, 3.8) is 0 Å². The molecule has 3 aliphatic carbocycles. The quantitative estimate of drug-likeness (QED) is 0.731. The number of hydrogen-bond acceptors (Lipinski definition) is 4. The van der Waals surface area contributed by atoms with Crippen LogP contribution < -0.4 is 10.1 Å². The van der Waals surface area contributed by atoms with Crippen molar-refractivity contribution in [3.8, 4) is 5.75 Å². The molecule has 1 aromatic rings. The van der Waals surface area contributed by atoms with Crippen molar-refractivity contribution < 1.29 is 17.9 Å². The van der Waals surface area contributed by atoms with Gasteiger partial charge in [0.25, 0.3) is 0 Å². The van der Waals surface area contributed by atoms with Gasteiger partial charge in [-0.05, 0) is 91.5 Å². The van der Waals surface area contributed by atoms with Gasteiger partial charge in [0.05, 0.1) is 11.0 Å². The number of sulfone groups is 1. The molecule has 5 nitrogen and oxygen atoms in total. The number of amides is 1. The maximum Gasteiger partial charge on any atom is 0.243 e. The minimum atomic E-state index is -3.20. The zero-order chi connectivity index (χ0) is 22.9. The molecule has 1 amide bonds. The van der Waals surface area contributed by atoms with Crippen LogP contribution in [0.15, 0.2) is 41.3 Å². The first kappa shape index (κ1) is 22.0. The molecule has 0 saturated heterocycles. The van der Waals surface area contributed by atoms with E-state index in [0.717, 1.165) is 25.0 Å². The SMILES string of the molecule is C[C@H]1C[C@H]2NC(=O)C=C[C@]2(C)[C@H]2CC[C@]3(C)C[C@@H](Oc4ccc(S(C)(=O)=O)cc4)C[C@H]3[C@H]12. The first-order valence-corrected chi connectivity index (χ1v) is 13.9. The van der Waals surface area contributed by atoms with Gasteiger partial charge in [-0.2, -0.15) is 0 Å². The van der Waals surface area contributed by atoms with Gasteiger partial charge >= 0.3 is 0 Å². The minimum absolute atomic E-state index is 0.0346. The number of ether oxygens (including phenoxy) is 1. The summed E-state index contributed by atoms with van der Waals surface area (Å²) in [7, 11) is -3.20. The van der Waals surface area contributed by atoms with Gasteiger partial charge in [-0.15, -0.1) is 0 Å². The van der Waals surface area contributed by atoms with Crippen molar-refractivity contribution in [3.05, 3.63) is 36.4 Å². The summed E-state index contributed by atoms with van der Waals surface area (Å²) < 4.78 is 29.9. The maximum atomic E-state index is 12.0. The molecule has 0 spiro atoms. The summed E-state index contributed by atoms with van der Waals surface area (Å²) in [4.78, 5) is 12.3. The fourth-order valence-electron chi connectivity index (χ4n) is 7.73. The highest BCUT2D eigenvalue weighted by Crippen LogP contribution is 2.64. The van der Waals surface area contributed by atoms with E-state index in [9.17, 15) is 13.2 Å². The van der Waals surface area contributed by atoms with Crippen LogP contribution in [-0.2, 0) is 14.6 Å². The molecule has 32 heavy (non-hydrogen) atoms. The van der Waals surface area contributed by atoms with E-state index in [4.69, 9.17) is 4.74 Å². The van der Waals surface area contributed by atoms with Crippen molar-refractivity contribution in [2.24, 2.45) is 34.5 Å². The number of hydrogen-bond donors (Lipinski definition) is 1. The van der Waals surface area contributed by atoms with E-state index < -0.39 is 9.84 Å². The van der Waals surface area contributed by atoms with Gasteiger partial charge < -0.3 is 10.1 Å². The Balaban J connectivity index is 1.37. The molecule has 1 aliphatic heterocycles. The average Bonchev–Trinajstić information content (AvgIpc) is 3.05. The highest BCUT2D eigenvalue weighted by molar-refractivity contribution is 7.90. The second kappa shape index (κ2) is 7.34. The Hall–Kier alpha value is -1.82. The van der Waals surface area contributed by atoms with E-state index in [1.54, 1.807) is 30.3 Å². The van der Waals surface area contributed by atoms with Crippen LogP contribution in [0.25, 0.3) is 0 Å². The highest BCUT2D eigenvalue weighted by atomic mass is 32.2. The zero-order valence-corrected chi connectivity index (χ0v) is 20.3. The smallest absolute Gasteiger partial charge is 0.243 e. The standard InChI is InChI=1S/C26H35NO4S/c1-16-13-22-26(3,12-10-23(28)27-22)20-9-11-25(2)15-18(14-21(25)24(16)20)31-17-5-7-19(8-6-17)32(4,29)30/h5-8,10,12,16,18,20-22,24H,9,11,13-15H2,1-4H3,(H,27,28)/t16-,18-,20-,21-,22+,24+,25+,26+/m0/s1. The summed E-state index contributed by atoms with van der Waals surface area (Å²) in [5.74, 6) is 3.20. The van der Waals surface area contributed by atoms with Gasteiger partial charge in [0.1, 0.15) is 5.75 Å². The summed E-state index contributed by atoms with van der Waals surface area (Å²) >= 11 is 0. The van der Waals surface area contributed by atoms with Gasteiger partial charge in [0.2, 0.25) is 5.91 Å². The molecule has 174 valence electrons. The first-order chi connectivity index (χ1) is 15.0. The lowest BCUT2D eigenvalue weighted by molar-refractivity contribution is -0.124. The average molecular weight is 458 g/mol. The Bertz CT molecular complexity index is 1050. The molecule has 0 bridgehead atoms. The zero-order valence-electron chi connectivity index (χ0n) is 19.5. The van der Waals surface area contributed by atoms with Crippen molar-refractivity contribution in [2.45, 2.75) is 69.9 Å². The van der Waals surface area contributed by atoms with E-state index >= 15 is 0 Å². The third-order valence-corrected chi connectivity index (χ3v) is 10.5. The predicted octanol–water partition coefficient (Wildman–Crippen LogP) is 4.38. The van der Waals surface area contributed by atoms with E-state index in [1.165, 1.54) is 19.1 Å². The largest absolute Gasteiger partial charge is 0.490 e. The van der Waals surface area contributed by atoms with Gasteiger partial charge in [-0.3, -0.25) is 4.79 Å². The Labute approximate surface area is 191 Å².